The molecular formula is C15H19N3O5S2. The molecule has 8 nitrogen and oxygen atoms in total. The average Bonchev–Trinajstić information content (AvgIpc) is 3.24. The number of nitrogens with zero attached hydrogens (tertiary/aromatic N) is 2. The van der Waals surface area contributed by atoms with E-state index in [4.69, 9.17) is 4.52 Å². The minimum atomic E-state index is -3.82. The molecule has 0 spiro atoms. The van der Waals surface area contributed by atoms with Crippen LogP contribution in [0, 0.1) is 13.8 Å². The standard InChI is InChI=1S/C15H19N3O5S2/c1-10-15(11(2)23-16-10)25(21,22)18(14-8-9-14)13-6-4-12(5-7-13)17-24(3,19)20/h4-7,14,17H,8-9H2,1-3H3. The second kappa shape index (κ2) is 6.03. The van der Waals surface area contributed by atoms with E-state index in [9.17, 15) is 16.8 Å². The summed E-state index contributed by atoms with van der Waals surface area (Å²) in [5.74, 6) is 0.249. The van der Waals surface area contributed by atoms with E-state index in [1.165, 1.54) is 16.4 Å². The maximum atomic E-state index is 13.1. The van der Waals surface area contributed by atoms with Crippen LogP contribution in [0.1, 0.15) is 24.3 Å². The van der Waals surface area contributed by atoms with Gasteiger partial charge in [-0.15, -0.1) is 0 Å². The third-order valence-corrected chi connectivity index (χ3v) is 6.52. The first-order valence-electron chi connectivity index (χ1n) is 7.65. The number of hydrogen-bond donors (Lipinski definition) is 1. The van der Waals surface area contributed by atoms with E-state index in [1.54, 1.807) is 26.0 Å². The Morgan fingerprint density at radius 3 is 2.16 bits per heavy atom. The highest BCUT2D eigenvalue weighted by atomic mass is 32.2. The number of nitrogens with one attached hydrogen (secondary N) is 1. The van der Waals surface area contributed by atoms with Gasteiger partial charge in [-0.25, -0.2) is 16.8 Å². The van der Waals surface area contributed by atoms with Crippen molar-refractivity contribution in [3.63, 3.8) is 0 Å². The number of aromatic nitrogens is 1. The lowest BCUT2D eigenvalue weighted by molar-refractivity contribution is 0.390. The molecule has 0 unspecified atom stereocenters. The lowest BCUT2D eigenvalue weighted by atomic mass is 10.3. The molecule has 1 aromatic heterocycles. The van der Waals surface area contributed by atoms with Crippen LogP contribution in [0.3, 0.4) is 0 Å². The number of anilines is 2. The summed E-state index contributed by atoms with van der Waals surface area (Å²) < 4.78 is 57.6. The van der Waals surface area contributed by atoms with Crippen molar-refractivity contribution in [1.29, 1.82) is 0 Å². The third kappa shape index (κ3) is 3.64. The zero-order chi connectivity index (χ0) is 18.4. The van der Waals surface area contributed by atoms with Crippen LogP contribution in [-0.4, -0.2) is 34.3 Å². The minimum absolute atomic E-state index is 0.0812. The van der Waals surface area contributed by atoms with Crippen molar-refractivity contribution >= 4 is 31.4 Å². The Kier molecular flexibility index (Phi) is 4.28. The Morgan fingerprint density at radius 2 is 1.72 bits per heavy atom. The minimum Gasteiger partial charge on any atom is -0.360 e. The molecule has 0 bridgehead atoms. The van der Waals surface area contributed by atoms with Gasteiger partial charge in [0.25, 0.3) is 10.0 Å². The normalized spacial score (nSPS) is 15.2. The van der Waals surface area contributed by atoms with Crippen LogP contribution < -0.4 is 9.03 Å². The van der Waals surface area contributed by atoms with Crippen LogP contribution in [-0.2, 0) is 20.0 Å². The fourth-order valence-electron chi connectivity index (χ4n) is 2.69. The van der Waals surface area contributed by atoms with Crippen molar-refractivity contribution in [2.24, 2.45) is 0 Å². The molecule has 136 valence electrons. The summed E-state index contributed by atoms with van der Waals surface area (Å²) in [6, 6.07) is 6.12. The second-order valence-corrected chi connectivity index (χ2v) is 9.61. The van der Waals surface area contributed by atoms with Crippen molar-refractivity contribution in [2.75, 3.05) is 15.3 Å². The molecule has 0 amide bonds. The lowest BCUT2D eigenvalue weighted by Crippen LogP contribution is -2.33. The highest BCUT2D eigenvalue weighted by molar-refractivity contribution is 7.93. The van der Waals surface area contributed by atoms with Gasteiger partial charge in [0.05, 0.1) is 11.9 Å². The summed E-state index contributed by atoms with van der Waals surface area (Å²) in [4.78, 5) is 0.0812. The maximum Gasteiger partial charge on any atom is 0.269 e. The van der Waals surface area contributed by atoms with Crippen LogP contribution in [0.15, 0.2) is 33.7 Å². The van der Waals surface area contributed by atoms with Crippen LogP contribution in [0.4, 0.5) is 11.4 Å². The van der Waals surface area contributed by atoms with Crippen molar-refractivity contribution in [3.8, 4) is 0 Å². The van der Waals surface area contributed by atoms with Gasteiger partial charge in [-0.05, 0) is 51.0 Å². The van der Waals surface area contributed by atoms with Crippen molar-refractivity contribution in [2.45, 2.75) is 37.6 Å². The Morgan fingerprint density at radius 1 is 1.12 bits per heavy atom. The number of aryl methyl sites for hydroxylation is 2. The van der Waals surface area contributed by atoms with Gasteiger partial charge in [0, 0.05) is 11.7 Å². The molecule has 0 atom stereocenters. The average molecular weight is 385 g/mol. The predicted molar refractivity (Wildman–Crippen MR) is 93.6 cm³/mol. The Balaban J connectivity index is 2.00. The summed E-state index contributed by atoms with van der Waals surface area (Å²) >= 11 is 0. The van der Waals surface area contributed by atoms with E-state index in [0.29, 0.717) is 17.1 Å². The van der Waals surface area contributed by atoms with Crippen molar-refractivity contribution in [1.82, 2.24) is 5.16 Å². The van der Waals surface area contributed by atoms with Crippen LogP contribution >= 0.6 is 0 Å². The Hall–Kier alpha value is -2.07. The molecule has 0 aliphatic heterocycles. The van der Waals surface area contributed by atoms with Crippen LogP contribution in [0.2, 0.25) is 0 Å². The molecule has 1 heterocycles. The van der Waals surface area contributed by atoms with E-state index >= 15 is 0 Å². The summed E-state index contributed by atoms with van der Waals surface area (Å²) in [6.07, 6.45) is 2.59. The molecule has 1 aliphatic carbocycles. The molecule has 1 saturated carbocycles. The zero-order valence-electron chi connectivity index (χ0n) is 14.1. The largest absolute Gasteiger partial charge is 0.360 e. The van der Waals surface area contributed by atoms with Crippen molar-refractivity contribution < 1.29 is 21.4 Å². The SMILES string of the molecule is Cc1noc(C)c1S(=O)(=O)N(c1ccc(NS(C)(=O)=O)cc1)C1CC1. The molecule has 1 aromatic carbocycles. The fourth-order valence-corrected chi connectivity index (χ4v) is 5.26. The summed E-state index contributed by atoms with van der Waals surface area (Å²) in [6.45, 7) is 3.16. The molecule has 10 heteroatoms. The van der Waals surface area contributed by atoms with Gasteiger partial charge >= 0.3 is 0 Å². The molecule has 25 heavy (non-hydrogen) atoms. The fraction of sp³-hybridized carbons (Fsp3) is 0.400. The summed E-state index contributed by atoms with van der Waals surface area (Å²) in [5, 5.41) is 3.74. The number of hydrogen-bond acceptors (Lipinski definition) is 6. The van der Waals surface area contributed by atoms with E-state index in [1.807, 2.05) is 0 Å². The van der Waals surface area contributed by atoms with E-state index in [2.05, 4.69) is 9.88 Å². The first kappa shape index (κ1) is 17.7. The predicted octanol–water partition coefficient (Wildman–Crippen LogP) is 2.02. The quantitative estimate of drug-likeness (QED) is 0.815. The lowest BCUT2D eigenvalue weighted by Gasteiger charge is -2.24. The van der Waals surface area contributed by atoms with Gasteiger partial charge in [-0.1, -0.05) is 5.16 Å². The highest BCUT2D eigenvalue weighted by Crippen LogP contribution is 2.38. The van der Waals surface area contributed by atoms with Gasteiger partial charge in [0.1, 0.15) is 5.69 Å². The van der Waals surface area contributed by atoms with Gasteiger partial charge < -0.3 is 4.52 Å². The molecule has 2 aromatic rings. The topological polar surface area (TPSA) is 110 Å². The van der Waals surface area contributed by atoms with E-state index in [0.717, 1.165) is 19.1 Å². The van der Waals surface area contributed by atoms with Gasteiger partial charge in [-0.2, -0.15) is 0 Å². The molecule has 3 rings (SSSR count). The molecule has 1 fully saturated rings. The van der Waals surface area contributed by atoms with Gasteiger partial charge in [-0.3, -0.25) is 9.03 Å². The maximum absolute atomic E-state index is 13.1. The number of rotatable bonds is 6. The van der Waals surface area contributed by atoms with Gasteiger partial charge in [0.15, 0.2) is 10.7 Å². The smallest absolute Gasteiger partial charge is 0.269 e. The van der Waals surface area contributed by atoms with Crippen molar-refractivity contribution in [3.05, 3.63) is 35.7 Å². The van der Waals surface area contributed by atoms with Gasteiger partial charge in [0.2, 0.25) is 10.0 Å². The molecule has 0 radical (unpaired) electrons. The molecule has 1 N–H and O–H groups in total. The molecular weight excluding hydrogens is 366 g/mol. The Labute approximate surface area is 146 Å². The molecule has 0 saturated heterocycles. The van der Waals surface area contributed by atoms with Crippen LogP contribution in [0.25, 0.3) is 0 Å². The Bertz CT molecular complexity index is 971. The number of benzene rings is 1. The highest BCUT2D eigenvalue weighted by Gasteiger charge is 2.40. The number of sulfonamides is 2. The molecule has 1 aliphatic rings. The van der Waals surface area contributed by atoms with E-state index < -0.39 is 20.0 Å². The first-order valence-corrected chi connectivity index (χ1v) is 11.0. The summed E-state index contributed by atoms with van der Waals surface area (Å²) in [5.41, 5.74) is 1.16. The monoisotopic (exact) mass is 385 g/mol. The first-order chi connectivity index (χ1) is 11.6. The zero-order valence-corrected chi connectivity index (χ0v) is 15.7. The third-order valence-electron chi connectivity index (χ3n) is 3.79. The summed E-state index contributed by atoms with van der Waals surface area (Å²) in [7, 11) is -7.21. The van der Waals surface area contributed by atoms with Crippen LogP contribution in [0.5, 0.6) is 0 Å². The van der Waals surface area contributed by atoms with E-state index in [-0.39, 0.29) is 16.7 Å². The second-order valence-electron chi connectivity index (χ2n) is 6.11.